The number of hydrogen-bond donors (Lipinski definition) is 1. The number of fused-ring (bicyclic) bond motifs is 3. The van der Waals surface area contributed by atoms with Crippen LogP contribution in [-0.2, 0) is 11.3 Å². The molecule has 9 heteroatoms. The highest BCUT2D eigenvalue weighted by atomic mass is 32.2. The SMILES string of the molecule is CCCn1c(SCC(=O)Nc2cc(F)ccc2F)nc2c(oc3ccccc32)c1=O. The normalized spacial score (nSPS) is 11.3. The Hall–Kier alpha value is -3.20. The van der Waals surface area contributed by atoms with E-state index in [1.165, 1.54) is 4.57 Å². The lowest BCUT2D eigenvalue weighted by atomic mass is 10.2. The zero-order chi connectivity index (χ0) is 21.3. The first-order valence-electron chi connectivity index (χ1n) is 9.27. The molecule has 0 fully saturated rings. The van der Waals surface area contributed by atoms with Gasteiger partial charge in [-0.05, 0) is 30.7 Å². The third-order valence-corrected chi connectivity index (χ3v) is 5.41. The quantitative estimate of drug-likeness (QED) is 0.359. The van der Waals surface area contributed by atoms with E-state index in [2.05, 4.69) is 10.3 Å². The fraction of sp³-hybridized carbons (Fsp3) is 0.190. The summed E-state index contributed by atoms with van der Waals surface area (Å²) in [5.41, 5.74) is 0.594. The Morgan fingerprint density at radius 3 is 2.83 bits per heavy atom. The van der Waals surface area contributed by atoms with Crippen molar-refractivity contribution in [3.63, 3.8) is 0 Å². The van der Waals surface area contributed by atoms with Crippen molar-refractivity contribution in [2.75, 3.05) is 11.1 Å². The molecule has 2 aromatic heterocycles. The minimum Gasteiger partial charge on any atom is -0.448 e. The molecular formula is C21H17F2N3O3S. The lowest BCUT2D eigenvalue weighted by Gasteiger charge is -2.11. The maximum absolute atomic E-state index is 13.7. The van der Waals surface area contributed by atoms with Gasteiger partial charge in [0.15, 0.2) is 5.16 Å². The van der Waals surface area contributed by atoms with Gasteiger partial charge in [0, 0.05) is 18.0 Å². The minimum absolute atomic E-state index is 0.132. The van der Waals surface area contributed by atoms with Gasteiger partial charge in [-0.3, -0.25) is 14.2 Å². The number of anilines is 1. The predicted molar refractivity (Wildman–Crippen MR) is 112 cm³/mol. The van der Waals surface area contributed by atoms with E-state index in [1.54, 1.807) is 12.1 Å². The largest absolute Gasteiger partial charge is 0.448 e. The Kier molecular flexibility index (Phi) is 5.54. The highest BCUT2D eigenvalue weighted by Crippen LogP contribution is 2.27. The van der Waals surface area contributed by atoms with E-state index in [9.17, 15) is 18.4 Å². The first-order valence-corrected chi connectivity index (χ1v) is 10.3. The summed E-state index contributed by atoms with van der Waals surface area (Å²) in [5, 5.41) is 3.41. The van der Waals surface area contributed by atoms with Gasteiger partial charge < -0.3 is 9.73 Å². The highest BCUT2D eigenvalue weighted by Gasteiger charge is 2.18. The number of carbonyl (C=O) groups is 1. The zero-order valence-electron chi connectivity index (χ0n) is 15.9. The van der Waals surface area contributed by atoms with E-state index in [-0.39, 0.29) is 22.6 Å². The van der Waals surface area contributed by atoms with Crippen LogP contribution in [0.25, 0.3) is 22.1 Å². The average Bonchev–Trinajstić information content (AvgIpc) is 3.10. The number of carbonyl (C=O) groups excluding carboxylic acids is 1. The fourth-order valence-corrected chi connectivity index (χ4v) is 3.91. The Labute approximate surface area is 173 Å². The van der Waals surface area contributed by atoms with Crippen LogP contribution in [-0.4, -0.2) is 21.2 Å². The van der Waals surface area contributed by atoms with E-state index in [0.29, 0.717) is 34.6 Å². The molecule has 0 spiro atoms. The minimum atomic E-state index is -0.734. The predicted octanol–water partition coefficient (Wildman–Crippen LogP) is 4.56. The van der Waals surface area contributed by atoms with Crippen LogP contribution in [0.5, 0.6) is 0 Å². The second kappa shape index (κ2) is 8.27. The molecule has 30 heavy (non-hydrogen) atoms. The number of rotatable bonds is 6. The molecule has 0 atom stereocenters. The molecule has 2 heterocycles. The third kappa shape index (κ3) is 3.80. The summed E-state index contributed by atoms with van der Waals surface area (Å²) in [6.07, 6.45) is 0.682. The lowest BCUT2D eigenvalue weighted by Crippen LogP contribution is -2.24. The Balaban J connectivity index is 1.65. The molecule has 0 saturated heterocycles. The van der Waals surface area contributed by atoms with Gasteiger partial charge in [-0.25, -0.2) is 13.8 Å². The summed E-state index contributed by atoms with van der Waals surface area (Å²) in [5.74, 6) is -2.07. The number of benzene rings is 2. The second-order valence-electron chi connectivity index (χ2n) is 6.59. The van der Waals surface area contributed by atoms with E-state index >= 15 is 0 Å². The molecule has 1 N–H and O–H groups in total. The van der Waals surface area contributed by atoms with Crippen molar-refractivity contribution >= 4 is 45.4 Å². The van der Waals surface area contributed by atoms with Gasteiger partial charge in [-0.15, -0.1) is 0 Å². The lowest BCUT2D eigenvalue weighted by molar-refractivity contribution is -0.113. The van der Waals surface area contributed by atoms with Crippen LogP contribution < -0.4 is 10.9 Å². The summed E-state index contributed by atoms with van der Waals surface area (Å²) in [7, 11) is 0. The summed E-state index contributed by atoms with van der Waals surface area (Å²) in [4.78, 5) is 29.8. The van der Waals surface area contributed by atoms with Gasteiger partial charge in [0.25, 0.3) is 5.56 Å². The molecule has 0 saturated carbocycles. The van der Waals surface area contributed by atoms with Gasteiger partial charge in [-0.1, -0.05) is 30.8 Å². The molecule has 0 unspecified atom stereocenters. The van der Waals surface area contributed by atoms with Crippen LogP contribution in [0.15, 0.2) is 56.8 Å². The number of thioether (sulfide) groups is 1. The maximum Gasteiger partial charge on any atom is 0.297 e. The number of nitrogens with one attached hydrogen (secondary N) is 1. The molecule has 2 aromatic carbocycles. The van der Waals surface area contributed by atoms with Gasteiger partial charge in [0.2, 0.25) is 11.5 Å². The Morgan fingerprint density at radius 1 is 1.23 bits per heavy atom. The van der Waals surface area contributed by atoms with Crippen LogP contribution in [0.4, 0.5) is 14.5 Å². The monoisotopic (exact) mass is 429 g/mol. The van der Waals surface area contributed by atoms with E-state index in [4.69, 9.17) is 4.42 Å². The number of para-hydroxylation sites is 1. The number of amides is 1. The zero-order valence-corrected chi connectivity index (χ0v) is 16.8. The molecule has 154 valence electrons. The number of nitrogens with zero attached hydrogens (tertiary/aromatic N) is 2. The standard InChI is InChI=1S/C21H17F2N3O3S/c1-2-9-26-20(28)19-18(13-5-3-4-6-16(13)29-19)25-21(26)30-11-17(27)24-15-10-12(22)7-8-14(15)23/h3-8,10H,2,9,11H2,1H3,(H,24,27). The van der Waals surface area contributed by atoms with Crippen molar-refractivity contribution in [3.8, 4) is 0 Å². The number of furan rings is 1. The van der Waals surface area contributed by atoms with Gasteiger partial charge in [-0.2, -0.15) is 0 Å². The topological polar surface area (TPSA) is 77.1 Å². The Bertz CT molecular complexity index is 1320. The van der Waals surface area contributed by atoms with E-state index in [1.807, 2.05) is 19.1 Å². The van der Waals surface area contributed by atoms with Crippen molar-refractivity contribution in [1.82, 2.24) is 9.55 Å². The number of halogens is 2. The van der Waals surface area contributed by atoms with Crippen molar-refractivity contribution in [2.45, 2.75) is 25.0 Å². The van der Waals surface area contributed by atoms with Crippen LogP contribution >= 0.6 is 11.8 Å². The fourth-order valence-electron chi connectivity index (χ4n) is 3.09. The molecule has 6 nitrogen and oxygen atoms in total. The van der Waals surface area contributed by atoms with Crippen molar-refractivity contribution in [2.24, 2.45) is 0 Å². The molecule has 0 radical (unpaired) electrons. The van der Waals surface area contributed by atoms with E-state index < -0.39 is 17.5 Å². The molecule has 0 bridgehead atoms. The van der Waals surface area contributed by atoms with Crippen LogP contribution in [0.3, 0.4) is 0 Å². The molecule has 0 aliphatic rings. The molecule has 4 aromatic rings. The summed E-state index contributed by atoms with van der Waals surface area (Å²) < 4.78 is 34.2. The van der Waals surface area contributed by atoms with Crippen molar-refractivity contribution in [3.05, 3.63) is 64.5 Å². The molecule has 1 amide bonds. The molecule has 4 rings (SSSR count). The van der Waals surface area contributed by atoms with Crippen molar-refractivity contribution in [1.29, 1.82) is 0 Å². The smallest absolute Gasteiger partial charge is 0.297 e. The number of hydrogen-bond acceptors (Lipinski definition) is 5. The number of aromatic nitrogens is 2. The Morgan fingerprint density at radius 2 is 2.03 bits per heavy atom. The maximum atomic E-state index is 13.7. The van der Waals surface area contributed by atoms with Crippen LogP contribution in [0.2, 0.25) is 0 Å². The molecule has 0 aliphatic carbocycles. The highest BCUT2D eigenvalue weighted by molar-refractivity contribution is 7.99. The molecular weight excluding hydrogens is 412 g/mol. The van der Waals surface area contributed by atoms with Gasteiger partial charge >= 0.3 is 0 Å². The first-order chi connectivity index (χ1) is 14.5. The van der Waals surface area contributed by atoms with Crippen LogP contribution in [0, 0.1) is 11.6 Å². The molecule has 0 aliphatic heterocycles. The van der Waals surface area contributed by atoms with Crippen LogP contribution in [0.1, 0.15) is 13.3 Å². The third-order valence-electron chi connectivity index (χ3n) is 4.43. The summed E-state index contributed by atoms with van der Waals surface area (Å²) in [6.45, 7) is 2.32. The first kappa shape index (κ1) is 20.1. The van der Waals surface area contributed by atoms with Gasteiger partial charge in [0.1, 0.15) is 22.7 Å². The second-order valence-corrected chi connectivity index (χ2v) is 7.53. The summed E-state index contributed by atoms with van der Waals surface area (Å²) >= 11 is 1.05. The average molecular weight is 429 g/mol. The van der Waals surface area contributed by atoms with Crippen molar-refractivity contribution < 1.29 is 18.0 Å². The van der Waals surface area contributed by atoms with E-state index in [0.717, 1.165) is 30.0 Å². The van der Waals surface area contributed by atoms with Gasteiger partial charge in [0.05, 0.1) is 11.4 Å². The summed E-state index contributed by atoms with van der Waals surface area (Å²) in [6, 6.07) is 10.0.